The number of anilines is 1. The lowest BCUT2D eigenvalue weighted by Gasteiger charge is -2.32. The number of nitrogens with zero attached hydrogens (tertiary/aromatic N) is 3. The zero-order chi connectivity index (χ0) is 17.9. The van der Waals surface area contributed by atoms with E-state index in [1.165, 1.54) is 0 Å². The molecule has 0 bridgehead atoms. The van der Waals surface area contributed by atoms with Gasteiger partial charge in [0.1, 0.15) is 6.10 Å². The molecule has 26 heavy (non-hydrogen) atoms. The van der Waals surface area contributed by atoms with Crippen molar-refractivity contribution < 1.29 is 23.4 Å². The summed E-state index contributed by atoms with van der Waals surface area (Å²) in [7, 11) is 0. The fourth-order valence-electron chi connectivity index (χ4n) is 2.91. The first-order valence-corrected chi connectivity index (χ1v) is 8.27. The number of likely N-dealkylation sites (tertiary alicyclic amines) is 1. The lowest BCUT2D eigenvalue weighted by molar-refractivity contribution is 0.0981. The molecule has 1 aromatic carbocycles. The number of nitrogens with one attached hydrogen (secondary N) is 1. The summed E-state index contributed by atoms with van der Waals surface area (Å²) in [5.41, 5.74) is 0.629. The van der Waals surface area contributed by atoms with Gasteiger partial charge in [0.05, 0.1) is 18.9 Å². The standard InChI is InChI=1S/C17H17FN4O4/c18-11-7-19-16(20-8-11)26-13-2-1-5-22(9-13)17(23)21-12-3-4-14-15(6-12)25-10-24-14/h3-4,6-8,13H,1-2,5,9-10H2,(H,21,23). The average Bonchev–Trinajstić information content (AvgIpc) is 3.12. The molecule has 2 aliphatic rings. The number of carbonyl (C=O) groups is 1. The van der Waals surface area contributed by atoms with Gasteiger partial charge in [-0.05, 0) is 25.0 Å². The van der Waals surface area contributed by atoms with Crippen molar-refractivity contribution in [3.8, 4) is 17.5 Å². The maximum absolute atomic E-state index is 12.9. The Morgan fingerprint density at radius 3 is 2.92 bits per heavy atom. The summed E-state index contributed by atoms with van der Waals surface area (Å²) in [6.07, 6.45) is 3.43. The maximum atomic E-state index is 12.9. The minimum atomic E-state index is -0.522. The smallest absolute Gasteiger partial charge is 0.321 e. The SMILES string of the molecule is O=C(Nc1ccc2c(c1)OCO2)N1CCCC(Oc2ncc(F)cn2)C1. The number of piperidine rings is 1. The fourth-order valence-corrected chi connectivity index (χ4v) is 2.91. The van der Waals surface area contributed by atoms with E-state index in [9.17, 15) is 9.18 Å². The summed E-state index contributed by atoms with van der Waals surface area (Å²) in [5.74, 6) is 0.746. The number of hydrogen-bond acceptors (Lipinski definition) is 6. The minimum Gasteiger partial charge on any atom is -0.458 e. The van der Waals surface area contributed by atoms with E-state index in [1.54, 1.807) is 23.1 Å². The molecule has 1 aromatic heterocycles. The van der Waals surface area contributed by atoms with Gasteiger partial charge in [0.2, 0.25) is 6.79 Å². The Morgan fingerprint density at radius 1 is 1.27 bits per heavy atom. The van der Waals surface area contributed by atoms with Crippen molar-refractivity contribution in [3.63, 3.8) is 0 Å². The van der Waals surface area contributed by atoms with Crippen LogP contribution in [0, 0.1) is 5.82 Å². The predicted molar refractivity (Wildman–Crippen MR) is 88.8 cm³/mol. The van der Waals surface area contributed by atoms with Crippen LogP contribution in [0.15, 0.2) is 30.6 Å². The largest absolute Gasteiger partial charge is 0.458 e. The molecule has 1 N–H and O–H groups in total. The van der Waals surface area contributed by atoms with E-state index < -0.39 is 5.82 Å². The normalized spacial score (nSPS) is 18.5. The molecule has 0 spiro atoms. The van der Waals surface area contributed by atoms with Crippen LogP contribution in [-0.2, 0) is 0 Å². The number of fused-ring (bicyclic) bond motifs is 1. The van der Waals surface area contributed by atoms with Crippen LogP contribution in [0.3, 0.4) is 0 Å². The minimum absolute atomic E-state index is 0.106. The number of carbonyl (C=O) groups excluding carboxylic acids is 1. The van der Waals surface area contributed by atoms with Crippen LogP contribution in [0.25, 0.3) is 0 Å². The highest BCUT2D eigenvalue weighted by Gasteiger charge is 2.26. The molecular weight excluding hydrogens is 343 g/mol. The molecule has 2 amide bonds. The van der Waals surface area contributed by atoms with Crippen molar-refractivity contribution in [1.29, 1.82) is 0 Å². The van der Waals surface area contributed by atoms with Crippen molar-refractivity contribution >= 4 is 11.7 Å². The van der Waals surface area contributed by atoms with Crippen LogP contribution < -0.4 is 19.5 Å². The molecule has 1 fully saturated rings. The topological polar surface area (TPSA) is 85.8 Å². The molecule has 1 saturated heterocycles. The third-order valence-corrected chi connectivity index (χ3v) is 4.16. The zero-order valence-electron chi connectivity index (χ0n) is 13.9. The summed E-state index contributed by atoms with van der Waals surface area (Å²) in [6, 6.07) is 5.12. The number of ether oxygens (including phenoxy) is 3. The van der Waals surface area contributed by atoms with Gasteiger partial charge in [-0.1, -0.05) is 0 Å². The number of hydrogen-bond donors (Lipinski definition) is 1. The lowest BCUT2D eigenvalue weighted by Crippen LogP contribution is -2.46. The Bertz CT molecular complexity index is 802. The summed E-state index contributed by atoms with van der Waals surface area (Å²) < 4.78 is 29.1. The first-order valence-electron chi connectivity index (χ1n) is 8.27. The highest BCUT2D eigenvalue weighted by atomic mass is 19.1. The van der Waals surface area contributed by atoms with E-state index >= 15 is 0 Å². The van der Waals surface area contributed by atoms with Crippen molar-refractivity contribution in [2.45, 2.75) is 18.9 Å². The average molecular weight is 360 g/mol. The third-order valence-electron chi connectivity index (χ3n) is 4.16. The van der Waals surface area contributed by atoms with Gasteiger partial charge in [-0.2, -0.15) is 0 Å². The Kier molecular flexibility index (Phi) is 4.42. The summed E-state index contributed by atoms with van der Waals surface area (Å²) in [6.45, 7) is 1.21. The van der Waals surface area contributed by atoms with Crippen molar-refractivity contribution in [2.24, 2.45) is 0 Å². The van der Waals surface area contributed by atoms with Crippen LogP contribution >= 0.6 is 0 Å². The fraction of sp³-hybridized carbons (Fsp3) is 0.353. The molecule has 0 aliphatic carbocycles. The van der Waals surface area contributed by atoms with E-state index in [0.29, 0.717) is 30.3 Å². The van der Waals surface area contributed by atoms with E-state index in [2.05, 4.69) is 15.3 Å². The van der Waals surface area contributed by atoms with Gasteiger partial charge in [-0.25, -0.2) is 19.2 Å². The van der Waals surface area contributed by atoms with E-state index in [4.69, 9.17) is 14.2 Å². The Labute approximate surface area is 148 Å². The van der Waals surface area contributed by atoms with E-state index in [-0.39, 0.29) is 24.9 Å². The number of aromatic nitrogens is 2. The van der Waals surface area contributed by atoms with Gasteiger partial charge in [-0.15, -0.1) is 0 Å². The van der Waals surface area contributed by atoms with Crippen LogP contribution in [0.4, 0.5) is 14.9 Å². The lowest BCUT2D eigenvalue weighted by atomic mass is 10.1. The number of amides is 2. The molecule has 3 heterocycles. The molecular formula is C17H17FN4O4. The molecule has 8 nitrogen and oxygen atoms in total. The predicted octanol–water partition coefficient (Wildman–Crippen LogP) is 2.42. The van der Waals surface area contributed by atoms with Gasteiger partial charge < -0.3 is 24.4 Å². The molecule has 9 heteroatoms. The number of halogens is 1. The second-order valence-electron chi connectivity index (χ2n) is 6.01. The third kappa shape index (κ3) is 3.61. The highest BCUT2D eigenvalue weighted by molar-refractivity contribution is 5.89. The zero-order valence-corrected chi connectivity index (χ0v) is 13.9. The van der Waals surface area contributed by atoms with Gasteiger partial charge in [0.15, 0.2) is 17.3 Å². The van der Waals surface area contributed by atoms with Crippen molar-refractivity contribution in [1.82, 2.24) is 14.9 Å². The first-order chi connectivity index (χ1) is 12.7. The van der Waals surface area contributed by atoms with Crippen LogP contribution in [0.2, 0.25) is 0 Å². The van der Waals surface area contributed by atoms with Gasteiger partial charge in [-0.3, -0.25) is 0 Å². The summed E-state index contributed by atoms with van der Waals surface area (Å²) >= 11 is 0. The van der Waals surface area contributed by atoms with Gasteiger partial charge in [0.25, 0.3) is 0 Å². The summed E-state index contributed by atoms with van der Waals surface area (Å²) in [5, 5.41) is 2.85. The van der Waals surface area contributed by atoms with Gasteiger partial charge in [0, 0.05) is 18.3 Å². The second-order valence-corrected chi connectivity index (χ2v) is 6.01. The quantitative estimate of drug-likeness (QED) is 0.905. The molecule has 136 valence electrons. The van der Waals surface area contributed by atoms with Crippen molar-refractivity contribution in [2.75, 3.05) is 25.2 Å². The van der Waals surface area contributed by atoms with E-state index in [1.807, 2.05) is 0 Å². The first kappa shape index (κ1) is 16.4. The number of urea groups is 1. The molecule has 0 radical (unpaired) electrons. The highest BCUT2D eigenvalue weighted by Crippen LogP contribution is 2.34. The Balaban J connectivity index is 1.36. The Hall–Kier alpha value is -3.10. The monoisotopic (exact) mass is 360 g/mol. The van der Waals surface area contributed by atoms with Crippen LogP contribution in [0.1, 0.15) is 12.8 Å². The maximum Gasteiger partial charge on any atom is 0.321 e. The molecule has 4 rings (SSSR count). The Morgan fingerprint density at radius 2 is 2.08 bits per heavy atom. The molecule has 2 aliphatic heterocycles. The number of benzene rings is 1. The second kappa shape index (κ2) is 7.03. The van der Waals surface area contributed by atoms with Gasteiger partial charge >= 0.3 is 12.0 Å². The van der Waals surface area contributed by atoms with Crippen LogP contribution in [-0.4, -0.2) is 46.9 Å². The van der Waals surface area contributed by atoms with E-state index in [0.717, 1.165) is 25.2 Å². The molecule has 0 saturated carbocycles. The number of rotatable bonds is 3. The molecule has 1 atom stereocenters. The summed E-state index contributed by atoms with van der Waals surface area (Å²) in [4.78, 5) is 21.8. The molecule has 1 unspecified atom stereocenters. The molecule has 2 aromatic rings. The van der Waals surface area contributed by atoms with Crippen LogP contribution in [0.5, 0.6) is 17.5 Å². The van der Waals surface area contributed by atoms with Crippen molar-refractivity contribution in [3.05, 3.63) is 36.4 Å².